The summed E-state index contributed by atoms with van der Waals surface area (Å²) in [5.74, 6) is -0.461. The van der Waals surface area contributed by atoms with Gasteiger partial charge >= 0.3 is 0 Å². The van der Waals surface area contributed by atoms with Gasteiger partial charge in [-0.05, 0) is 25.3 Å². The summed E-state index contributed by atoms with van der Waals surface area (Å²) in [6.07, 6.45) is 7.79. The number of nitrogens with one attached hydrogen (secondary N) is 1. The van der Waals surface area contributed by atoms with Crippen molar-refractivity contribution in [3.8, 4) is 11.3 Å². The number of rotatable bonds is 4. The third kappa shape index (κ3) is 4.13. The molecule has 0 unspecified atom stereocenters. The SMILES string of the molecule is Nc1ncc(-c2ccccc2)nc1C(=O)Nc1cnccc1[C@H]1C[C@@H](N)[C@@]2(O)CCCC[C@H]2O1. The summed E-state index contributed by atoms with van der Waals surface area (Å²) in [5.41, 5.74) is 14.0. The van der Waals surface area contributed by atoms with E-state index in [1.807, 2.05) is 30.3 Å². The highest BCUT2D eigenvalue weighted by Gasteiger charge is 2.50. The molecule has 4 atom stereocenters. The maximum absolute atomic E-state index is 13.2. The standard InChI is InChI=1S/C25H28N6O3/c26-20-12-19(34-21-8-4-5-10-25(20,21)33)16-9-11-28-13-18(16)31-24(32)22-23(27)29-14-17(30-22)15-6-2-1-3-7-15/h1-3,6-7,9,11,13-14,19-21,33H,4-5,8,10,12,26H2,(H2,27,29)(H,31,32)/t19-,20-,21-,25+/m1/s1. The molecule has 1 saturated heterocycles. The molecule has 9 heteroatoms. The highest BCUT2D eigenvalue weighted by molar-refractivity contribution is 6.06. The van der Waals surface area contributed by atoms with Crippen LogP contribution >= 0.6 is 0 Å². The number of benzene rings is 1. The van der Waals surface area contributed by atoms with E-state index in [2.05, 4.69) is 20.3 Å². The number of aromatic nitrogens is 3. The van der Waals surface area contributed by atoms with Crippen molar-refractivity contribution in [2.24, 2.45) is 5.73 Å². The van der Waals surface area contributed by atoms with Crippen molar-refractivity contribution in [2.45, 2.75) is 56.0 Å². The van der Waals surface area contributed by atoms with Crippen LogP contribution in [0.25, 0.3) is 11.3 Å². The topological polar surface area (TPSA) is 149 Å². The lowest BCUT2D eigenvalue weighted by molar-refractivity contribution is -0.202. The smallest absolute Gasteiger partial charge is 0.278 e. The molecular formula is C25H28N6O3. The molecule has 5 rings (SSSR count). The van der Waals surface area contributed by atoms with Crippen LogP contribution in [-0.2, 0) is 4.74 Å². The molecular weight excluding hydrogens is 432 g/mol. The Bertz CT molecular complexity index is 1190. The first kappa shape index (κ1) is 22.4. The van der Waals surface area contributed by atoms with Gasteiger partial charge in [-0.1, -0.05) is 43.2 Å². The average Bonchev–Trinajstić information content (AvgIpc) is 2.85. The largest absolute Gasteiger partial charge is 0.386 e. The molecule has 2 aromatic heterocycles. The zero-order chi connectivity index (χ0) is 23.7. The molecule has 2 aliphatic rings. The second-order valence-electron chi connectivity index (χ2n) is 8.96. The van der Waals surface area contributed by atoms with Crippen molar-refractivity contribution in [1.29, 1.82) is 0 Å². The van der Waals surface area contributed by atoms with Crippen LogP contribution in [0.4, 0.5) is 11.5 Å². The summed E-state index contributed by atoms with van der Waals surface area (Å²) in [5, 5.41) is 13.9. The second kappa shape index (κ2) is 9.09. The number of pyridine rings is 1. The Hall–Kier alpha value is -3.40. The van der Waals surface area contributed by atoms with Gasteiger partial charge in [0.1, 0.15) is 5.60 Å². The number of carbonyl (C=O) groups excluding carboxylic acids is 1. The molecule has 1 aliphatic heterocycles. The number of hydrogen-bond donors (Lipinski definition) is 4. The maximum atomic E-state index is 13.2. The van der Waals surface area contributed by atoms with Gasteiger partial charge in [0.2, 0.25) is 0 Å². The first-order valence-corrected chi connectivity index (χ1v) is 11.5. The van der Waals surface area contributed by atoms with Gasteiger partial charge in [-0.15, -0.1) is 0 Å². The minimum absolute atomic E-state index is 0.0269. The minimum atomic E-state index is -1.01. The van der Waals surface area contributed by atoms with E-state index in [1.54, 1.807) is 24.7 Å². The van der Waals surface area contributed by atoms with Crippen LogP contribution in [0.3, 0.4) is 0 Å². The first-order chi connectivity index (χ1) is 16.5. The molecule has 2 fully saturated rings. The lowest BCUT2D eigenvalue weighted by atomic mass is 9.73. The summed E-state index contributed by atoms with van der Waals surface area (Å²) in [6.45, 7) is 0. The number of ether oxygens (including phenoxy) is 1. The van der Waals surface area contributed by atoms with Crippen molar-refractivity contribution in [3.63, 3.8) is 0 Å². The molecule has 0 bridgehead atoms. The summed E-state index contributed by atoms with van der Waals surface area (Å²) in [6, 6.07) is 10.8. The number of aliphatic hydroxyl groups is 1. The lowest BCUT2D eigenvalue weighted by Gasteiger charge is -2.49. The van der Waals surface area contributed by atoms with E-state index in [1.165, 1.54) is 0 Å². The van der Waals surface area contributed by atoms with E-state index in [0.29, 0.717) is 24.2 Å². The Morgan fingerprint density at radius 3 is 2.82 bits per heavy atom. The van der Waals surface area contributed by atoms with Crippen molar-refractivity contribution in [1.82, 2.24) is 15.0 Å². The zero-order valence-corrected chi connectivity index (χ0v) is 18.7. The molecule has 6 N–H and O–H groups in total. The van der Waals surface area contributed by atoms with Gasteiger partial charge in [-0.3, -0.25) is 9.78 Å². The van der Waals surface area contributed by atoms with Gasteiger partial charge in [0, 0.05) is 23.4 Å². The highest BCUT2D eigenvalue weighted by atomic mass is 16.5. The summed E-state index contributed by atoms with van der Waals surface area (Å²) < 4.78 is 6.32. The van der Waals surface area contributed by atoms with E-state index >= 15 is 0 Å². The molecule has 9 nitrogen and oxygen atoms in total. The molecule has 176 valence electrons. The van der Waals surface area contributed by atoms with Crippen LogP contribution in [0.2, 0.25) is 0 Å². The molecule has 1 aliphatic carbocycles. The van der Waals surface area contributed by atoms with E-state index in [0.717, 1.165) is 30.4 Å². The van der Waals surface area contributed by atoms with E-state index < -0.39 is 17.6 Å². The molecule has 1 amide bonds. The number of anilines is 2. The maximum Gasteiger partial charge on any atom is 0.278 e. The Morgan fingerprint density at radius 2 is 2.00 bits per heavy atom. The van der Waals surface area contributed by atoms with Crippen LogP contribution in [0, 0.1) is 0 Å². The molecule has 1 saturated carbocycles. The summed E-state index contributed by atoms with van der Waals surface area (Å²) >= 11 is 0. The first-order valence-electron chi connectivity index (χ1n) is 11.5. The van der Waals surface area contributed by atoms with Crippen molar-refractivity contribution in [3.05, 3.63) is 66.2 Å². The second-order valence-corrected chi connectivity index (χ2v) is 8.96. The quantitative estimate of drug-likeness (QED) is 0.464. The number of amides is 1. The van der Waals surface area contributed by atoms with Gasteiger partial charge in [-0.25, -0.2) is 9.97 Å². The third-order valence-corrected chi connectivity index (χ3v) is 6.83. The van der Waals surface area contributed by atoms with Crippen LogP contribution in [-0.4, -0.2) is 43.7 Å². The van der Waals surface area contributed by atoms with Gasteiger partial charge in [0.05, 0.1) is 36.0 Å². The van der Waals surface area contributed by atoms with Gasteiger partial charge in [0.15, 0.2) is 11.5 Å². The Labute approximate surface area is 197 Å². The molecule has 1 aromatic carbocycles. The van der Waals surface area contributed by atoms with Crippen LogP contribution in [0.1, 0.15) is 54.3 Å². The zero-order valence-electron chi connectivity index (χ0n) is 18.7. The fourth-order valence-electron chi connectivity index (χ4n) is 4.93. The number of nitrogen functional groups attached to an aromatic ring is 1. The monoisotopic (exact) mass is 460 g/mol. The van der Waals surface area contributed by atoms with Crippen LogP contribution in [0.5, 0.6) is 0 Å². The van der Waals surface area contributed by atoms with Gasteiger partial charge in [-0.2, -0.15) is 0 Å². The molecule has 0 radical (unpaired) electrons. The number of fused-ring (bicyclic) bond motifs is 1. The van der Waals surface area contributed by atoms with Crippen molar-refractivity contribution < 1.29 is 14.6 Å². The van der Waals surface area contributed by atoms with Crippen molar-refractivity contribution >= 4 is 17.4 Å². The van der Waals surface area contributed by atoms with E-state index in [9.17, 15) is 9.90 Å². The normalized spacial score (nSPS) is 26.5. The lowest BCUT2D eigenvalue weighted by Crippen LogP contribution is -2.62. The highest BCUT2D eigenvalue weighted by Crippen LogP contribution is 2.44. The molecule has 34 heavy (non-hydrogen) atoms. The fourth-order valence-corrected chi connectivity index (χ4v) is 4.93. The van der Waals surface area contributed by atoms with Crippen LogP contribution in [0.15, 0.2) is 55.0 Å². The minimum Gasteiger partial charge on any atom is -0.386 e. The molecule has 3 aromatic rings. The molecule has 0 spiro atoms. The average molecular weight is 461 g/mol. The Kier molecular flexibility index (Phi) is 5.99. The predicted octanol–water partition coefficient (Wildman–Crippen LogP) is 2.84. The third-order valence-electron chi connectivity index (χ3n) is 6.83. The fraction of sp³-hybridized carbons (Fsp3) is 0.360. The molecule has 3 heterocycles. The van der Waals surface area contributed by atoms with E-state index in [4.69, 9.17) is 16.2 Å². The van der Waals surface area contributed by atoms with E-state index in [-0.39, 0.29) is 23.7 Å². The Balaban J connectivity index is 1.40. The number of carbonyl (C=O) groups is 1. The van der Waals surface area contributed by atoms with Crippen molar-refractivity contribution in [2.75, 3.05) is 11.1 Å². The number of nitrogens with two attached hydrogens (primary N) is 2. The van der Waals surface area contributed by atoms with Crippen LogP contribution < -0.4 is 16.8 Å². The number of hydrogen-bond acceptors (Lipinski definition) is 8. The van der Waals surface area contributed by atoms with Gasteiger partial charge < -0.3 is 26.6 Å². The Morgan fingerprint density at radius 1 is 1.18 bits per heavy atom. The summed E-state index contributed by atoms with van der Waals surface area (Å²) in [4.78, 5) is 26.0. The summed E-state index contributed by atoms with van der Waals surface area (Å²) in [7, 11) is 0. The number of nitrogens with zero attached hydrogens (tertiary/aromatic N) is 3. The van der Waals surface area contributed by atoms with Gasteiger partial charge in [0.25, 0.3) is 5.91 Å². The predicted molar refractivity (Wildman–Crippen MR) is 128 cm³/mol.